The first kappa shape index (κ1) is 26.1. The minimum Gasteiger partial charge on any atom is -0.458 e. The van der Waals surface area contributed by atoms with E-state index in [1.54, 1.807) is 13.8 Å². The zero-order valence-corrected chi connectivity index (χ0v) is 21.8. The fourth-order valence-corrected chi connectivity index (χ4v) is 7.25. The molecule has 3 aliphatic heterocycles. The number of rotatable bonds is 4. The van der Waals surface area contributed by atoms with Gasteiger partial charge in [-0.25, -0.2) is 0 Å². The molecule has 4 rings (SSSR count). The quantitative estimate of drug-likeness (QED) is 0.357. The van der Waals surface area contributed by atoms with Crippen LogP contribution in [0.1, 0.15) is 68.2 Å². The van der Waals surface area contributed by atoms with E-state index < -0.39 is 65.2 Å². The predicted molar refractivity (Wildman–Crippen MR) is 123 cm³/mol. The molecule has 4 aliphatic rings. The first-order valence-electron chi connectivity index (χ1n) is 12.4. The Labute approximate surface area is 206 Å². The molecule has 4 bridgehead atoms. The molecular formula is C26H38O9. The van der Waals surface area contributed by atoms with Gasteiger partial charge in [-0.05, 0) is 38.7 Å². The lowest BCUT2D eigenvalue weighted by Gasteiger charge is -2.55. The van der Waals surface area contributed by atoms with Crippen molar-refractivity contribution in [1.29, 1.82) is 0 Å². The van der Waals surface area contributed by atoms with Crippen molar-refractivity contribution < 1.29 is 43.2 Å². The smallest absolute Gasteiger partial charge is 0.303 e. The molecule has 0 radical (unpaired) electrons. The lowest BCUT2D eigenvalue weighted by Crippen LogP contribution is -2.68. The van der Waals surface area contributed by atoms with Gasteiger partial charge in [0.1, 0.15) is 6.10 Å². The highest BCUT2D eigenvalue weighted by atomic mass is 16.7. The maximum atomic E-state index is 12.4. The summed E-state index contributed by atoms with van der Waals surface area (Å²) in [7, 11) is 0. The van der Waals surface area contributed by atoms with Crippen LogP contribution in [0.5, 0.6) is 0 Å². The van der Waals surface area contributed by atoms with Crippen LogP contribution < -0.4 is 0 Å². The monoisotopic (exact) mass is 494 g/mol. The maximum Gasteiger partial charge on any atom is 0.303 e. The summed E-state index contributed by atoms with van der Waals surface area (Å²) in [5, 5.41) is 11.3. The van der Waals surface area contributed by atoms with E-state index in [0.29, 0.717) is 18.4 Å². The standard InChI is InChI=1S/C26H38O9/c1-12(2)18-19-20(17-11-13(3)26(30)10-9-24(7,35-26)22(19)33-17)25(8,34-16(6)29)23(32-15(5)28)21(18)31-14(4)27/h11-12,17-23,30H,9-10H2,1-8H3/b13-11-/t17?,18-,19-,20-,21+,22?,23+,24?,25+,26?/m1/s1. The maximum absolute atomic E-state index is 12.4. The van der Waals surface area contributed by atoms with E-state index >= 15 is 0 Å². The van der Waals surface area contributed by atoms with Gasteiger partial charge in [0.15, 0.2) is 17.5 Å². The molecule has 9 nitrogen and oxygen atoms in total. The summed E-state index contributed by atoms with van der Waals surface area (Å²) < 4.78 is 30.6. The minimum atomic E-state index is -1.40. The molecule has 0 aromatic carbocycles. The lowest BCUT2D eigenvalue weighted by molar-refractivity contribution is -0.253. The SMILES string of the molecule is CC(=O)O[C@H]1[C@H](C(C)C)[C@H]2C3OC(/C=C(/C)C4(O)CCC3(C)O4)[C@H]2[C@](C)(OC(C)=O)[C@H]1OC(C)=O. The topological polar surface area (TPSA) is 118 Å². The zero-order valence-electron chi connectivity index (χ0n) is 21.8. The highest BCUT2D eigenvalue weighted by molar-refractivity contribution is 5.69. The minimum absolute atomic E-state index is 0.00801. The number of carbonyl (C=O) groups is 3. The number of aliphatic hydroxyl groups is 1. The summed E-state index contributed by atoms with van der Waals surface area (Å²) in [6.45, 7) is 13.4. The third-order valence-corrected chi connectivity index (χ3v) is 8.49. The second kappa shape index (κ2) is 8.56. The fraction of sp³-hybridized carbons (Fsp3) is 0.808. The number of hydrogen-bond acceptors (Lipinski definition) is 9. The Hall–Kier alpha value is -1.97. The number of esters is 3. The normalized spacial score (nSPS) is 47.7. The first-order chi connectivity index (χ1) is 16.1. The fourth-order valence-electron chi connectivity index (χ4n) is 7.25. The Bertz CT molecular complexity index is 943. The summed E-state index contributed by atoms with van der Waals surface area (Å²) in [5.41, 5.74) is -1.56. The number of fused-ring (bicyclic) bond motifs is 8. The summed E-state index contributed by atoms with van der Waals surface area (Å²) in [6.07, 6.45) is -0.0906. The summed E-state index contributed by atoms with van der Waals surface area (Å²) in [6, 6.07) is 0. The van der Waals surface area contributed by atoms with Crippen LogP contribution in [0, 0.1) is 23.7 Å². The van der Waals surface area contributed by atoms with E-state index in [-0.39, 0.29) is 17.8 Å². The van der Waals surface area contributed by atoms with E-state index in [9.17, 15) is 19.5 Å². The Morgan fingerprint density at radius 3 is 2.23 bits per heavy atom. The van der Waals surface area contributed by atoms with Gasteiger partial charge in [-0.15, -0.1) is 0 Å². The molecule has 0 spiro atoms. The van der Waals surface area contributed by atoms with E-state index in [2.05, 4.69) is 0 Å². The molecular weight excluding hydrogens is 456 g/mol. The summed E-state index contributed by atoms with van der Waals surface area (Å²) >= 11 is 0. The highest BCUT2D eigenvalue weighted by Crippen LogP contribution is 2.61. The number of ether oxygens (including phenoxy) is 5. The van der Waals surface area contributed by atoms with Crippen LogP contribution in [0.4, 0.5) is 0 Å². The van der Waals surface area contributed by atoms with Crippen molar-refractivity contribution in [3.05, 3.63) is 11.6 Å². The molecule has 0 amide bonds. The largest absolute Gasteiger partial charge is 0.458 e. The van der Waals surface area contributed by atoms with Crippen LogP contribution >= 0.6 is 0 Å². The third kappa shape index (κ3) is 4.09. The second-order valence-corrected chi connectivity index (χ2v) is 11.4. The molecule has 3 heterocycles. The summed E-state index contributed by atoms with van der Waals surface area (Å²) in [5.74, 6) is -4.08. The van der Waals surface area contributed by atoms with E-state index in [1.807, 2.05) is 26.8 Å². The van der Waals surface area contributed by atoms with Crippen molar-refractivity contribution in [3.8, 4) is 0 Å². The van der Waals surface area contributed by atoms with Gasteiger partial charge in [-0.3, -0.25) is 14.4 Å². The van der Waals surface area contributed by atoms with Gasteiger partial charge in [-0.1, -0.05) is 19.9 Å². The summed E-state index contributed by atoms with van der Waals surface area (Å²) in [4.78, 5) is 37.0. The second-order valence-electron chi connectivity index (χ2n) is 11.4. The Kier molecular flexibility index (Phi) is 6.38. The average molecular weight is 495 g/mol. The average Bonchev–Trinajstić information content (AvgIpc) is 3.24. The Morgan fingerprint density at radius 2 is 1.69 bits per heavy atom. The van der Waals surface area contributed by atoms with Gasteiger partial charge < -0.3 is 28.8 Å². The van der Waals surface area contributed by atoms with Crippen molar-refractivity contribution in [2.75, 3.05) is 0 Å². The van der Waals surface area contributed by atoms with E-state index in [0.717, 1.165) is 0 Å². The van der Waals surface area contributed by atoms with Gasteiger partial charge in [0.05, 0.1) is 17.8 Å². The molecule has 4 unspecified atom stereocenters. The van der Waals surface area contributed by atoms with Crippen molar-refractivity contribution in [3.63, 3.8) is 0 Å². The van der Waals surface area contributed by atoms with Gasteiger partial charge in [0, 0.05) is 44.9 Å². The zero-order chi connectivity index (χ0) is 26.1. The molecule has 35 heavy (non-hydrogen) atoms. The Balaban J connectivity index is 1.97. The molecule has 9 heteroatoms. The van der Waals surface area contributed by atoms with Crippen LogP contribution in [-0.2, 0) is 38.1 Å². The lowest BCUT2D eigenvalue weighted by atomic mass is 9.55. The van der Waals surface area contributed by atoms with Gasteiger partial charge in [0.2, 0.25) is 0 Å². The predicted octanol–water partition coefficient (Wildman–Crippen LogP) is 2.67. The molecule has 2 saturated heterocycles. The molecule has 196 valence electrons. The van der Waals surface area contributed by atoms with E-state index in [1.165, 1.54) is 20.8 Å². The van der Waals surface area contributed by atoms with Gasteiger partial charge in [-0.2, -0.15) is 0 Å². The van der Waals surface area contributed by atoms with Crippen LogP contribution in [0.25, 0.3) is 0 Å². The van der Waals surface area contributed by atoms with Crippen LogP contribution in [-0.4, -0.2) is 64.4 Å². The van der Waals surface area contributed by atoms with Gasteiger partial charge in [0.25, 0.3) is 0 Å². The van der Waals surface area contributed by atoms with Crippen LogP contribution in [0.15, 0.2) is 11.6 Å². The Morgan fingerprint density at radius 1 is 1.06 bits per heavy atom. The molecule has 3 fully saturated rings. The van der Waals surface area contributed by atoms with Crippen molar-refractivity contribution in [2.45, 2.75) is 110 Å². The van der Waals surface area contributed by atoms with Crippen LogP contribution in [0.2, 0.25) is 0 Å². The molecule has 10 atom stereocenters. The third-order valence-electron chi connectivity index (χ3n) is 8.49. The number of carbonyl (C=O) groups excluding carboxylic acids is 3. The highest BCUT2D eigenvalue weighted by Gasteiger charge is 2.72. The van der Waals surface area contributed by atoms with E-state index in [4.69, 9.17) is 23.7 Å². The molecule has 1 aliphatic carbocycles. The number of hydrogen-bond donors (Lipinski definition) is 1. The van der Waals surface area contributed by atoms with Crippen molar-refractivity contribution >= 4 is 17.9 Å². The molecule has 1 saturated carbocycles. The first-order valence-corrected chi connectivity index (χ1v) is 12.4. The van der Waals surface area contributed by atoms with Crippen molar-refractivity contribution in [2.24, 2.45) is 23.7 Å². The van der Waals surface area contributed by atoms with Crippen LogP contribution in [0.3, 0.4) is 0 Å². The molecule has 0 aromatic rings. The molecule has 0 aromatic heterocycles. The van der Waals surface area contributed by atoms with Crippen molar-refractivity contribution in [1.82, 2.24) is 0 Å². The molecule has 1 N–H and O–H groups in total. The van der Waals surface area contributed by atoms with Gasteiger partial charge >= 0.3 is 17.9 Å².